The summed E-state index contributed by atoms with van der Waals surface area (Å²) < 4.78 is 6.56. The molecule has 6 aromatic carbocycles. The fourth-order valence-corrected chi connectivity index (χ4v) is 30.2. The molecule has 0 saturated carbocycles. The molecular formula is C45H46Cl2SiZr. The van der Waals surface area contributed by atoms with Crippen LogP contribution in [0.5, 0.6) is 0 Å². The number of halogens is 2. The molecule has 49 heavy (non-hydrogen) atoms. The maximum atomic E-state index is 2.77. The Balaban J connectivity index is 0.00000208. The summed E-state index contributed by atoms with van der Waals surface area (Å²) in [6, 6.07) is 41.4. The van der Waals surface area contributed by atoms with Crippen molar-refractivity contribution in [2.45, 2.75) is 50.6 Å². The summed E-state index contributed by atoms with van der Waals surface area (Å²) >= 11 is -3.70. The van der Waals surface area contributed by atoms with Crippen LogP contribution >= 0.6 is 24.8 Å². The third-order valence-corrected chi connectivity index (χ3v) is 29.0. The third kappa shape index (κ3) is 5.88. The van der Waals surface area contributed by atoms with E-state index < -0.39 is 17.4 Å². The molecule has 8 rings (SSSR count). The molecular weight excluding hydrogens is 731 g/mol. The molecule has 6 aromatic rings. The van der Waals surface area contributed by atoms with Gasteiger partial charge in [0.1, 0.15) is 0 Å². The fraction of sp³-hybridized carbons (Fsp3) is 0.200. The van der Waals surface area contributed by atoms with E-state index >= 15 is 0 Å². The van der Waals surface area contributed by atoms with Crippen LogP contribution in [0.1, 0.15) is 60.9 Å². The number of aryl methyl sites for hydroxylation is 2. The Hall–Kier alpha value is -3.00. The number of benzene rings is 6. The third-order valence-electron chi connectivity index (χ3n) is 11.3. The molecule has 0 bridgehead atoms. The molecule has 0 aliphatic heterocycles. The van der Waals surface area contributed by atoms with Gasteiger partial charge in [-0.05, 0) is 0 Å². The average molecular weight is 777 g/mol. The minimum atomic E-state index is -3.70. The van der Waals surface area contributed by atoms with Gasteiger partial charge in [0.05, 0.1) is 0 Å². The number of rotatable bonds is 5. The van der Waals surface area contributed by atoms with Crippen LogP contribution in [-0.2, 0) is 17.4 Å². The van der Waals surface area contributed by atoms with E-state index in [4.69, 9.17) is 0 Å². The van der Waals surface area contributed by atoms with Gasteiger partial charge >= 0.3 is 285 Å². The molecule has 0 N–H and O–H groups in total. The summed E-state index contributed by atoms with van der Waals surface area (Å²) in [5, 5.41) is 5.22. The molecule has 2 aliphatic rings. The summed E-state index contributed by atoms with van der Waals surface area (Å²) in [4.78, 5) is 0. The van der Waals surface area contributed by atoms with Crippen molar-refractivity contribution in [3.8, 4) is 22.3 Å². The van der Waals surface area contributed by atoms with Crippen molar-refractivity contribution in [1.29, 1.82) is 0 Å². The van der Waals surface area contributed by atoms with Gasteiger partial charge in [0, 0.05) is 0 Å². The van der Waals surface area contributed by atoms with E-state index in [0.29, 0.717) is 7.25 Å². The predicted octanol–water partition coefficient (Wildman–Crippen LogP) is 13.1. The maximum absolute atomic E-state index is 3.70. The van der Waals surface area contributed by atoms with E-state index in [1.807, 2.05) is 0 Å². The maximum Gasteiger partial charge on any atom is -0.147 e. The Bertz CT molecular complexity index is 2430. The number of fused-ring (bicyclic) bond motifs is 4. The van der Waals surface area contributed by atoms with Gasteiger partial charge in [-0.25, -0.2) is 0 Å². The molecule has 2 aliphatic carbocycles. The first-order chi connectivity index (χ1) is 22.5. The quantitative estimate of drug-likeness (QED) is 0.153. The second-order valence-electron chi connectivity index (χ2n) is 15.5. The Morgan fingerprint density at radius 2 is 1.00 bits per heavy atom. The van der Waals surface area contributed by atoms with Gasteiger partial charge in [-0.15, -0.1) is 24.8 Å². The number of hydrogen-bond acceptors (Lipinski definition) is 0. The van der Waals surface area contributed by atoms with Crippen molar-refractivity contribution in [1.82, 2.24) is 0 Å². The van der Waals surface area contributed by atoms with Crippen LogP contribution in [-0.4, -0.2) is 6.88 Å². The second-order valence-corrected chi connectivity index (χ2v) is 46.0. The molecule has 248 valence electrons. The van der Waals surface area contributed by atoms with Gasteiger partial charge < -0.3 is 0 Å². The fourth-order valence-electron chi connectivity index (χ4n) is 9.52. The van der Waals surface area contributed by atoms with Crippen LogP contribution in [0.2, 0.25) is 9.26 Å². The zero-order chi connectivity index (χ0) is 32.7. The van der Waals surface area contributed by atoms with Crippen molar-refractivity contribution < 1.29 is 17.4 Å². The van der Waals surface area contributed by atoms with E-state index in [1.165, 1.54) is 66.1 Å². The molecule has 2 atom stereocenters. The zero-order valence-corrected chi connectivity index (χ0v) is 34.9. The van der Waals surface area contributed by atoms with Gasteiger partial charge in [0.25, 0.3) is 0 Å². The Morgan fingerprint density at radius 1 is 0.551 bits per heavy atom. The SMILES string of the molecule is CCC1=Cc2c(-c3ccc4ccccc4c3)cc(C)cc2[CH]1[Zr]([CH3])([CH3])(=[SiH2])[CH]1C(C)=Cc2c(-c3ccc4ccccc4c3)cc(C)cc21.Cl.Cl. The number of hydrogen-bond donors (Lipinski definition) is 0. The van der Waals surface area contributed by atoms with E-state index in [9.17, 15) is 0 Å². The van der Waals surface area contributed by atoms with E-state index in [1.54, 1.807) is 22.3 Å². The van der Waals surface area contributed by atoms with Gasteiger partial charge in [0.2, 0.25) is 0 Å². The van der Waals surface area contributed by atoms with Crippen molar-refractivity contribution in [3.05, 3.63) is 154 Å². The summed E-state index contributed by atoms with van der Waals surface area (Å²) in [7, 11) is 0. The van der Waals surface area contributed by atoms with Crippen LogP contribution in [0.15, 0.2) is 120 Å². The largest absolute Gasteiger partial charge is 0.147 e. The first kappa shape index (κ1) is 35.8. The predicted molar refractivity (Wildman–Crippen MR) is 220 cm³/mol. The molecule has 4 heteroatoms. The molecule has 0 saturated heterocycles. The number of allylic oxidation sites excluding steroid dienone is 2. The van der Waals surface area contributed by atoms with E-state index in [-0.39, 0.29) is 24.8 Å². The molecule has 0 radical (unpaired) electrons. The molecule has 0 spiro atoms. The van der Waals surface area contributed by atoms with Gasteiger partial charge in [-0.3, -0.25) is 0 Å². The molecule has 0 heterocycles. The molecule has 0 amide bonds. The van der Waals surface area contributed by atoms with E-state index in [2.05, 4.69) is 165 Å². The minimum Gasteiger partial charge on any atom is -0.147 e. The minimum absolute atomic E-state index is 0. The van der Waals surface area contributed by atoms with E-state index in [0.717, 1.165) is 6.42 Å². The summed E-state index contributed by atoms with van der Waals surface area (Å²) in [6.45, 7) is 11.9. The smallest absolute Gasteiger partial charge is 0.147 e. The van der Waals surface area contributed by atoms with Crippen LogP contribution in [0.4, 0.5) is 0 Å². The van der Waals surface area contributed by atoms with Gasteiger partial charge in [-0.1, -0.05) is 0 Å². The first-order valence-corrected chi connectivity index (χ1v) is 30.9. The molecule has 0 nitrogen and oxygen atoms in total. The average Bonchev–Trinajstić information content (AvgIpc) is 3.61. The van der Waals surface area contributed by atoms with Crippen molar-refractivity contribution in [2.75, 3.05) is 0 Å². The summed E-state index contributed by atoms with van der Waals surface area (Å²) in [5.41, 5.74) is 17.4. The summed E-state index contributed by atoms with van der Waals surface area (Å²) in [5.74, 6) is 0. The Labute approximate surface area is 307 Å². The van der Waals surface area contributed by atoms with Gasteiger partial charge in [-0.2, -0.15) is 0 Å². The first-order valence-electron chi connectivity index (χ1n) is 17.2. The van der Waals surface area contributed by atoms with Crippen molar-refractivity contribution >= 4 is 65.4 Å². The van der Waals surface area contributed by atoms with Crippen molar-refractivity contribution in [2.24, 2.45) is 0 Å². The Kier molecular flexibility index (Phi) is 9.47. The normalized spacial score (nSPS) is 16.8. The van der Waals surface area contributed by atoms with Crippen LogP contribution in [0.25, 0.3) is 56.0 Å². The Morgan fingerprint density at radius 3 is 1.49 bits per heavy atom. The molecule has 2 unspecified atom stereocenters. The van der Waals surface area contributed by atoms with Crippen LogP contribution in [0, 0.1) is 13.8 Å². The monoisotopic (exact) mass is 774 g/mol. The summed E-state index contributed by atoms with van der Waals surface area (Å²) in [6.07, 6.45) is 6.25. The molecule has 0 aromatic heterocycles. The molecule has 0 fully saturated rings. The van der Waals surface area contributed by atoms with Crippen LogP contribution < -0.4 is 0 Å². The standard InChI is InChI=1S/C22H19.C21H17.2CH3.2ClH.H2Si.Zr/c1-3-16-12-20-10-15(2)11-21(22(20)13-16)19-9-8-17-6-4-5-7-18(17)14-19;1-14-9-19-10-15(2)12-21(19)20(11-14)18-8-7-16-5-3-4-6-17(16)13-18;;;;;;/h4-14H,3H2,1-2H3;3-13H,1-2H3;2*1H3;2*1H;1H2;. The zero-order valence-electron chi connectivity index (χ0n) is 29.4. The second kappa shape index (κ2) is 13.0. The van der Waals surface area contributed by atoms with Crippen molar-refractivity contribution in [3.63, 3.8) is 0 Å². The van der Waals surface area contributed by atoms with Gasteiger partial charge in [0.15, 0.2) is 0 Å². The van der Waals surface area contributed by atoms with Crippen LogP contribution in [0.3, 0.4) is 0 Å². The topological polar surface area (TPSA) is 0 Å².